The highest BCUT2D eigenvalue weighted by molar-refractivity contribution is 7.13. The molecule has 2 heterocycles. The average Bonchev–Trinajstić information content (AvgIpc) is 3.15. The molecule has 1 aliphatic heterocycles. The van der Waals surface area contributed by atoms with Gasteiger partial charge in [0.15, 0.2) is 0 Å². The number of rotatable bonds is 4. The normalized spacial score (nSPS) is 20.7. The number of carboxylic acid groups (broad SMARTS) is 1. The number of amides is 1. The van der Waals surface area contributed by atoms with Crippen molar-refractivity contribution in [2.45, 2.75) is 31.7 Å². The minimum atomic E-state index is -1.09. The molecule has 2 aromatic rings. The molecule has 0 spiro atoms. The smallest absolute Gasteiger partial charge is 0.329 e. The molecule has 0 saturated carbocycles. The molecule has 1 N–H and O–H groups in total. The highest BCUT2D eigenvalue weighted by Crippen LogP contribution is 2.30. The van der Waals surface area contributed by atoms with Crippen molar-refractivity contribution in [2.75, 3.05) is 6.54 Å². The second-order valence-corrected chi connectivity index (χ2v) is 6.77. The Morgan fingerprint density at radius 2 is 2.09 bits per heavy atom. The summed E-state index contributed by atoms with van der Waals surface area (Å²) in [7, 11) is 0. The minimum Gasteiger partial charge on any atom is -0.480 e. The Kier molecular flexibility index (Phi) is 4.17. The minimum absolute atomic E-state index is 0.145. The number of aliphatic carboxylic acids is 1. The van der Waals surface area contributed by atoms with Gasteiger partial charge in [-0.25, -0.2) is 9.78 Å². The first-order chi connectivity index (χ1) is 11.0. The van der Waals surface area contributed by atoms with E-state index in [1.54, 1.807) is 6.92 Å². The first kappa shape index (κ1) is 15.7. The van der Waals surface area contributed by atoms with Gasteiger partial charge >= 0.3 is 5.97 Å². The number of carboxylic acids is 1. The lowest BCUT2D eigenvalue weighted by molar-refractivity contribution is -0.155. The van der Waals surface area contributed by atoms with Crippen LogP contribution in [0.3, 0.4) is 0 Å². The SMILES string of the molecule is CC1(C(=O)O)CCCN1C(=O)Cc1csc(-c2ccccc2)n1. The summed E-state index contributed by atoms with van der Waals surface area (Å²) < 4.78 is 0. The maximum Gasteiger partial charge on any atom is 0.329 e. The van der Waals surface area contributed by atoms with Gasteiger partial charge in [-0.2, -0.15) is 0 Å². The fourth-order valence-corrected chi connectivity index (χ4v) is 3.76. The van der Waals surface area contributed by atoms with Gasteiger partial charge in [0.05, 0.1) is 12.1 Å². The predicted octanol–water partition coefficient (Wildman–Crippen LogP) is 2.82. The Balaban J connectivity index is 1.74. The van der Waals surface area contributed by atoms with Crippen molar-refractivity contribution in [1.29, 1.82) is 0 Å². The summed E-state index contributed by atoms with van der Waals surface area (Å²) in [6, 6.07) is 9.80. The second-order valence-electron chi connectivity index (χ2n) is 5.91. The summed E-state index contributed by atoms with van der Waals surface area (Å²) in [5.41, 5.74) is 0.626. The molecule has 1 aliphatic rings. The van der Waals surface area contributed by atoms with Crippen LogP contribution in [0.5, 0.6) is 0 Å². The van der Waals surface area contributed by atoms with E-state index in [1.165, 1.54) is 16.2 Å². The van der Waals surface area contributed by atoms with E-state index in [1.807, 2.05) is 35.7 Å². The van der Waals surface area contributed by atoms with Gasteiger partial charge in [-0.3, -0.25) is 4.79 Å². The maximum atomic E-state index is 12.5. The molecule has 5 nitrogen and oxygen atoms in total. The molecule has 23 heavy (non-hydrogen) atoms. The van der Waals surface area contributed by atoms with E-state index in [4.69, 9.17) is 0 Å². The second kappa shape index (κ2) is 6.12. The molecule has 0 aliphatic carbocycles. The van der Waals surface area contributed by atoms with E-state index in [9.17, 15) is 14.7 Å². The number of carbonyl (C=O) groups is 2. The molecular weight excluding hydrogens is 312 g/mol. The van der Waals surface area contributed by atoms with Gasteiger partial charge in [-0.05, 0) is 19.8 Å². The fourth-order valence-electron chi connectivity index (χ4n) is 2.94. The van der Waals surface area contributed by atoms with E-state index < -0.39 is 11.5 Å². The van der Waals surface area contributed by atoms with Crippen LogP contribution in [0.25, 0.3) is 10.6 Å². The van der Waals surface area contributed by atoms with E-state index in [-0.39, 0.29) is 12.3 Å². The van der Waals surface area contributed by atoms with E-state index in [0.717, 1.165) is 17.0 Å². The highest BCUT2D eigenvalue weighted by atomic mass is 32.1. The Hall–Kier alpha value is -2.21. The molecule has 1 fully saturated rings. The van der Waals surface area contributed by atoms with Crippen LogP contribution in [0, 0.1) is 0 Å². The predicted molar refractivity (Wildman–Crippen MR) is 88.2 cm³/mol. The molecule has 0 radical (unpaired) electrons. The molecule has 1 saturated heterocycles. The number of benzene rings is 1. The van der Waals surface area contributed by atoms with Gasteiger partial charge < -0.3 is 10.0 Å². The van der Waals surface area contributed by atoms with Gasteiger partial charge in [0, 0.05) is 17.5 Å². The standard InChI is InChI=1S/C17H18N2O3S/c1-17(16(21)22)8-5-9-19(17)14(20)10-13-11-23-15(18-13)12-6-3-2-4-7-12/h2-4,6-7,11H,5,8-10H2,1H3,(H,21,22). The Morgan fingerprint density at radius 1 is 1.35 bits per heavy atom. The number of carbonyl (C=O) groups excluding carboxylic acids is 1. The van der Waals surface area contributed by atoms with Crippen molar-refractivity contribution in [2.24, 2.45) is 0 Å². The van der Waals surface area contributed by atoms with E-state index in [2.05, 4.69) is 4.98 Å². The van der Waals surface area contributed by atoms with Crippen molar-refractivity contribution in [1.82, 2.24) is 9.88 Å². The van der Waals surface area contributed by atoms with Gasteiger partial charge in [-0.15, -0.1) is 11.3 Å². The van der Waals surface area contributed by atoms with Crippen molar-refractivity contribution in [3.05, 3.63) is 41.4 Å². The number of thiazole rings is 1. The van der Waals surface area contributed by atoms with Crippen LogP contribution in [-0.4, -0.2) is 39.0 Å². The molecule has 120 valence electrons. The van der Waals surface area contributed by atoms with Crippen LogP contribution < -0.4 is 0 Å². The Morgan fingerprint density at radius 3 is 2.78 bits per heavy atom. The van der Waals surface area contributed by atoms with E-state index in [0.29, 0.717) is 18.7 Å². The van der Waals surface area contributed by atoms with Crippen LogP contribution in [0.1, 0.15) is 25.5 Å². The summed E-state index contributed by atoms with van der Waals surface area (Å²) in [5, 5.41) is 12.1. The molecule has 1 atom stereocenters. The zero-order chi connectivity index (χ0) is 16.4. The van der Waals surface area contributed by atoms with Crippen LogP contribution >= 0.6 is 11.3 Å². The summed E-state index contributed by atoms with van der Waals surface area (Å²) in [5.74, 6) is -1.11. The van der Waals surface area contributed by atoms with Crippen LogP contribution in [0.15, 0.2) is 35.7 Å². The maximum absolute atomic E-state index is 12.5. The zero-order valence-electron chi connectivity index (χ0n) is 12.9. The average molecular weight is 330 g/mol. The quantitative estimate of drug-likeness (QED) is 0.936. The van der Waals surface area contributed by atoms with Crippen molar-refractivity contribution in [3.63, 3.8) is 0 Å². The molecule has 1 amide bonds. The van der Waals surface area contributed by atoms with Gasteiger partial charge in [0.25, 0.3) is 0 Å². The summed E-state index contributed by atoms with van der Waals surface area (Å²) in [6.07, 6.45) is 1.37. The third-order valence-corrected chi connectivity index (χ3v) is 5.25. The first-order valence-electron chi connectivity index (χ1n) is 7.54. The number of hydrogen-bond donors (Lipinski definition) is 1. The molecule has 6 heteroatoms. The largest absolute Gasteiger partial charge is 0.480 e. The molecule has 0 bridgehead atoms. The first-order valence-corrected chi connectivity index (χ1v) is 8.42. The van der Waals surface area contributed by atoms with Gasteiger partial charge in [0.2, 0.25) is 5.91 Å². The van der Waals surface area contributed by atoms with Crippen molar-refractivity contribution < 1.29 is 14.7 Å². The van der Waals surface area contributed by atoms with Crippen LogP contribution in [0.4, 0.5) is 0 Å². The van der Waals surface area contributed by atoms with Crippen LogP contribution in [-0.2, 0) is 16.0 Å². The lowest BCUT2D eigenvalue weighted by atomic mass is 9.99. The van der Waals surface area contributed by atoms with Crippen LogP contribution in [0.2, 0.25) is 0 Å². The number of likely N-dealkylation sites (tertiary alicyclic amines) is 1. The fraction of sp³-hybridized carbons (Fsp3) is 0.353. The molecule has 1 aromatic carbocycles. The summed E-state index contributed by atoms with van der Waals surface area (Å²) in [6.45, 7) is 2.12. The zero-order valence-corrected chi connectivity index (χ0v) is 13.7. The third kappa shape index (κ3) is 2.99. The monoisotopic (exact) mass is 330 g/mol. The molecule has 1 aromatic heterocycles. The highest BCUT2D eigenvalue weighted by Gasteiger charge is 2.45. The van der Waals surface area contributed by atoms with E-state index >= 15 is 0 Å². The Labute approximate surface area is 138 Å². The third-order valence-electron chi connectivity index (χ3n) is 4.31. The van der Waals surface area contributed by atoms with Crippen molar-refractivity contribution >= 4 is 23.2 Å². The molecule has 3 rings (SSSR count). The van der Waals surface area contributed by atoms with Gasteiger partial charge in [-0.1, -0.05) is 30.3 Å². The number of hydrogen-bond acceptors (Lipinski definition) is 4. The topological polar surface area (TPSA) is 70.5 Å². The van der Waals surface area contributed by atoms with Gasteiger partial charge in [0.1, 0.15) is 10.5 Å². The number of aromatic nitrogens is 1. The molecular formula is C17H18N2O3S. The Bertz CT molecular complexity index is 728. The van der Waals surface area contributed by atoms with Crippen molar-refractivity contribution in [3.8, 4) is 10.6 Å². The summed E-state index contributed by atoms with van der Waals surface area (Å²) in [4.78, 5) is 30.0. The lowest BCUT2D eigenvalue weighted by Crippen LogP contribution is -2.51. The summed E-state index contributed by atoms with van der Waals surface area (Å²) >= 11 is 1.50. The lowest BCUT2D eigenvalue weighted by Gasteiger charge is -2.31. The number of nitrogens with zero attached hydrogens (tertiary/aromatic N) is 2. The molecule has 1 unspecified atom stereocenters.